The lowest BCUT2D eigenvalue weighted by Gasteiger charge is -2.10. The minimum atomic E-state index is -0.164. The molecule has 0 aliphatic carbocycles. The number of aromatic nitrogens is 4. The molecule has 0 unspecified atom stereocenters. The van der Waals surface area contributed by atoms with E-state index in [4.69, 9.17) is 0 Å². The molecule has 7 nitrogen and oxygen atoms in total. The third-order valence-corrected chi connectivity index (χ3v) is 5.89. The molecule has 29 heavy (non-hydrogen) atoms. The monoisotopic (exact) mass is 469 g/mol. The fourth-order valence-corrected chi connectivity index (χ4v) is 4.12. The first-order chi connectivity index (χ1) is 14.1. The Labute approximate surface area is 178 Å². The van der Waals surface area contributed by atoms with Gasteiger partial charge in [-0.2, -0.15) is 0 Å². The topological polar surface area (TPSA) is 81.3 Å². The van der Waals surface area contributed by atoms with Crippen LogP contribution in [0.2, 0.25) is 0 Å². The van der Waals surface area contributed by atoms with E-state index in [9.17, 15) is 9.59 Å². The van der Waals surface area contributed by atoms with Gasteiger partial charge in [0.25, 0.3) is 5.56 Å². The summed E-state index contributed by atoms with van der Waals surface area (Å²) in [6.45, 7) is 4.04. The number of amides is 1. The van der Waals surface area contributed by atoms with E-state index < -0.39 is 0 Å². The number of para-hydroxylation sites is 2. The molecule has 1 amide bonds. The predicted octanol–water partition coefficient (Wildman–Crippen LogP) is 3.72. The van der Waals surface area contributed by atoms with Gasteiger partial charge in [-0.15, -0.1) is 16.8 Å². The van der Waals surface area contributed by atoms with Gasteiger partial charge in [0, 0.05) is 11.0 Å². The number of carbonyl (C=O) groups is 1. The standard InChI is InChI=1S/C20H16BrN5O2S/c1-2-11-25-18(28)13-7-3-6-10-16(13)26-19(25)23-24-20(26)29-12-17(27)22-15-9-5-4-8-14(15)21/h2-10H,1,11-12H2,(H,22,27). The van der Waals surface area contributed by atoms with Crippen molar-refractivity contribution in [2.75, 3.05) is 11.1 Å². The van der Waals surface area contributed by atoms with Gasteiger partial charge < -0.3 is 5.32 Å². The molecule has 0 saturated carbocycles. The normalized spacial score (nSPS) is 11.1. The molecule has 4 aromatic rings. The molecule has 0 saturated heterocycles. The fourth-order valence-electron chi connectivity index (χ4n) is 3.00. The largest absolute Gasteiger partial charge is 0.324 e. The number of hydrogen-bond acceptors (Lipinski definition) is 5. The molecule has 146 valence electrons. The lowest BCUT2D eigenvalue weighted by atomic mass is 10.2. The number of halogens is 1. The third kappa shape index (κ3) is 3.70. The van der Waals surface area contributed by atoms with Crippen molar-refractivity contribution in [1.82, 2.24) is 19.2 Å². The lowest BCUT2D eigenvalue weighted by molar-refractivity contribution is -0.113. The summed E-state index contributed by atoms with van der Waals surface area (Å²) >= 11 is 4.67. The smallest absolute Gasteiger partial charge is 0.263 e. The number of fused-ring (bicyclic) bond motifs is 3. The molecule has 0 radical (unpaired) electrons. The van der Waals surface area contributed by atoms with Gasteiger partial charge in [-0.1, -0.05) is 42.1 Å². The lowest BCUT2D eigenvalue weighted by Crippen LogP contribution is -2.22. The van der Waals surface area contributed by atoms with Crippen LogP contribution >= 0.6 is 27.7 Å². The number of benzene rings is 2. The Morgan fingerprint density at radius 2 is 1.93 bits per heavy atom. The Kier molecular flexibility index (Phi) is 5.50. The van der Waals surface area contributed by atoms with Gasteiger partial charge in [0.2, 0.25) is 11.7 Å². The van der Waals surface area contributed by atoms with Crippen LogP contribution in [0.4, 0.5) is 5.69 Å². The van der Waals surface area contributed by atoms with Crippen LogP contribution in [0.5, 0.6) is 0 Å². The Morgan fingerprint density at radius 1 is 1.17 bits per heavy atom. The van der Waals surface area contributed by atoms with Crippen molar-refractivity contribution >= 4 is 56.0 Å². The average Bonchev–Trinajstić information content (AvgIpc) is 3.15. The van der Waals surface area contributed by atoms with Gasteiger partial charge >= 0.3 is 0 Å². The summed E-state index contributed by atoms with van der Waals surface area (Å²) in [6.07, 6.45) is 1.64. The van der Waals surface area contributed by atoms with Crippen molar-refractivity contribution < 1.29 is 4.79 Å². The number of anilines is 1. The SMILES string of the molecule is C=CCn1c(=O)c2ccccc2n2c(SCC(=O)Nc3ccccc3Br)nnc12. The second-order valence-corrected chi connectivity index (χ2v) is 7.95. The first kappa shape index (κ1) is 19.4. The molecule has 1 N–H and O–H groups in total. The summed E-state index contributed by atoms with van der Waals surface area (Å²) in [5, 5.41) is 12.4. The van der Waals surface area contributed by atoms with E-state index in [2.05, 4.69) is 38.0 Å². The number of nitrogens with zero attached hydrogens (tertiary/aromatic N) is 4. The molecular weight excluding hydrogens is 454 g/mol. The maximum Gasteiger partial charge on any atom is 0.263 e. The molecular formula is C20H16BrN5O2S. The second kappa shape index (κ2) is 8.22. The first-order valence-electron chi connectivity index (χ1n) is 8.75. The summed E-state index contributed by atoms with van der Waals surface area (Å²) in [6, 6.07) is 14.7. The highest BCUT2D eigenvalue weighted by molar-refractivity contribution is 9.10. The van der Waals surface area contributed by atoms with E-state index in [1.165, 1.54) is 16.3 Å². The van der Waals surface area contributed by atoms with Crippen LogP contribution in [-0.4, -0.2) is 30.8 Å². The number of rotatable bonds is 6. The maximum absolute atomic E-state index is 12.8. The van der Waals surface area contributed by atoms with Gasteiger partial charge in [-0.05, 0) is 40.2 Å². The summed E-state index contributed by atoms with van der Waals surface area (Å²) in [4.78, 5) is 25.2. The molecule has 0 bridgehead atoms. The molecule has 2 heterocycles. The second-order valence-electron chi connectivity index (χ2n) is 6.16. The molecule has 0 spiro atoms. The van der Waals surface area contributed by atoms with Gasteiger partial charge in [0.05, 0.1) is 22.3 Å². The minimum Gasteiger partial charge on any atom is -0.324 e. The summed E-state index contributed by atoms with van der Waals surface area (Å²) in [5.41, 5.74) is 1.25. The van der Waals surface area contributed by atoms with E-state index in [1.807, 2.05) is 42.5 Å². The Hall–Kier alpha value is -2.91. The molecule has 4 rings (SSSR count). The van der Waals surface area contributed by atoms with Gasteiger partial charge in [-0.25, -0.2) is 0 Å². The molecule has 0 aliphatic rings. The Morgan fingerprint density at radius 3 is 2.72 bits per heavy atom. The van der Waals surface area contributed by atoms with Crippen molar-refractivity contribution in [1.29, 1.82) is 0 Å². The van der Waals surface area contributed by atoms with Crippen molar-refractivity contribution in [3.63, 3.8) is 0 Å². The van der Waals surface area contributed by atoms with Crippen molar-refractivity contribution in [3.05, 3.63) is 76.0 Å². The van der Waals surface area contributed by atoms with Crippen LogP contribution in [0.15, 0.2) is 75.6 Å². The van der Waals surface area contributed by atoms with Crippen LogP contribution in [-0.2, 0) is 11.3 Å². The Balaban J connectivity index is 1.68. The van der Waals surface area contributed by atoms with Crippen LogP contribution in [0.25, 0.3) is 16.7 Å². The minimum absolute atomic E-state index is 0.149. The van der Waals surface area contributed by atoms with Gasteiger partial charge in [0.15, 0.2) is 5.16 Å². The molecule has 0 aliphatic heterocycles. The zero-order chi connectivity index (χ0) is 20.4. The maximum atomic E-state index is 12.8. The predicted molar refractivity (Wildman–Crippen MR) is 118 cm³/mol. The van der Waals surface area contributed by atoms with E-state index in [0.717, 1.165) is 4.47 Å². The number of hydrogen-bond donors (Lipinski definition) is 1. The van der Waals surface area contributed by atoms with Crippen molar-refractivity contribution in [3.8, 4) is 0 Å². The van der Waals surface area contributed by atoms with Crippen LogP contribution in [0, 0.1) is 0 Å². The molecule has 2 aromatic heterocycles. The number of nitrogens with one attached hydrogen (secondary N) is 1. The highest BCUT2D eigenvalue weighted by Crippen LogP contribution is 2.24. The fraction of sp³-hybridized carbons (Fsp3) is 0.100. The number of thioether (sulfide) groups is 1. The molecule has 0 fully saturated rings. The van der Waals surface area contributed by atoms with Crippen LogP contribution in [0.1, 0.15) is 0 Å². The van der Waals surface area contributed by atoms with Gasteiger partial charge in [0.1, 0.15) is 0 Å². The third-order valence-electron chi connectivity index (χ3n) is 4.27. The van der Waals surface area contributed by atoms with Crippen LogP contribution < -0.4 is 10.9 Å². The first-order valence-corrected chi connectivity index (χ1v) is 10.5. The van der Waals surface area contributed by atoms with Crippen LogP contribution in [0.3, 0.4) is 0 Å². The van der Waals surface area contributed by atoms with Crippen molar-refractivity contribution in [2.45, 2.75) is 11.7 Å². The van der Waals surface area contributed by atoms with E-state index in [-0.39, 0.29) is 17.2 Å². The highest BCUT2D eigenvalue weighted by Gasteiger charge is 2.17. The summed E-state index contributed by atoms with van der Waals surface area (Å²) in [7, 11) is 0. The highest BCUT2D eigenvalue weighted by atomic mass is 79.9. The number of carbonyl (C=O) groups excluding carboxylic acids is 1. The quantitative estimate of drug-likeness (QED) is 0.343. The number of allylic oxidation sites excluding steroid dienone is 1. The molecule has 0 atom stereocenters. The van der Waals surface area contributed by atoms with E-state index >= 15 is 0 Å². The molecule has 9 heteroatoms. The summed E-state index contributed by atoms with van der Waals surface area (Å²) in [5.74, 6) is 0.404. The molecule has 2 aromatic carbocycles. The van der Waals surface area contributed by atoms with E-state index in [0.29, 0.717) is 34.1 Å². The zero-order valence-corrected chi connectivity index (χ0v) is 17.6. The van der Waals surface area contributed by atoms with Gasteiger partial charge in [-0.3, -0.25) is 18.6 Å². The zero-order valence-electron chi connectivity index (χ0n) is 15.2. The Bertz CT molecular complexity index is 1300. The van der Waals surface area contributed by atoms with E-state index in [1.54, 1.807) is 16.5 Å². The average molecular weight is 470 g/mol. The van der Waals surface area contributed by atoms with Crippen molar-refractivity contribution in [2.24, 2.45) is 0 Å². The summed E-state index contributed by atoms with van der Waals surface area (Å²) < 4.78 is 4.13.